The van der Waals surface area contributed by atoms with Crippen LogP contribution in [0.25, 0.3) is 10.9 Å². The molecule has 1 aliphatic rings. The van der Waals surface area contributed by atoms with Crippen molar-refractivity contribution in [2.24, 2.45) is 0 Å². The summed E-state index contributed by atoms with van der Waals surface area (Å²) in [6, 6.07) is 5.89. The number of carbonyl (C=O) groups excluding carboxylic acids is 1. The van der Waals surface area contributed by atoms with Crippen molar-refractivity contribution in [1.29, 1.82) is 0 Å². The van der Waals surface area contributed by atoms with Crippen LogP contribution in [0.2, 0.25) is 0 Å². The molecule has 76 valence electrons. The molecule has 2 N–H and O–H groups in total. The number of H-pyrrole nitrogens is 1. The first kappa shape index (κ1) is 8.64. The zero-order valence-corrected chi connectivity index (χ0v) is 8.04. The topological polar surface area (TPSA) is 54.1 Å². The molecule has 4 heteroatoms. The van der Waals surface area contributed by atoms with E-state index in [1.807, 2.05) is 18.2 Å². The first-order valence-electron chi connectivity index (χ1n) is 4.83. The molecule has 2 aromatic rings. The molecule has 2 heterocycles. The zero-order chi connectivity index (χ0) is 10.3. The maximum Gasteiger partial charge on any atom is 0.181 e. The van der Waals surface area contributed by atoms with Crippen molar-refractivity contribution in [3.63, 3.8) is 0 Å². The third-order valence-electron chi connectivity index (χ3n) is 2.65. The van der Waals surface area contributed by atoms with Gasteiger partial charge in [-0.2, -0.15) is 5.48 Å². The summed E-state index contributed by atoms with van der Waals surface area (Å²) < 4.78 is 0. The van der Waals surface area contributed by atoms with Crippen LogP contribution >= 0.6 is 0 Å². The third kappa shape index (κ3) is 1.26. The largest absolute Gasteiger partial charge is 0.360 e. The lowest BCUT2D eigenvalue weighted by molar-refractivity contribution is 0.0279. The molecule has 0 saturated heterocycles. The molecule has 0 spiro atoms. The van der Waals surface area contributed by atoms with E-state index in [2.05, 4.69) is 10.5 Å². The Morgan fingerprint density at radius 3 is 3.20 bits per heavy atom. The molecule has 0 aliphatic carbocycles. The van der Waals surface area contributed by atoms with Crippen molar-refractivity contribution >= 4 is 16.7 Å². The van der Waals surface area contributed by atoms with Gasteiger partial charge in [0.05, 0.1) is 13.2 Å². The van der Waals surface area contributed by atoms with E-state index in [9.17, 15) is 4.79 Å². The highest BCUT2D eigenvalue weighted by atomic mass is 16.6. The average Bonchev–Trinajstić information content (AvgIpc) is 2.66. The number of benzene rings is 1. The fourth-order valence-corrected chi connectivity index (χ4v) is 1.94. The number of carbonyl (C=O) groups is 1. The van der Waals surface area contributed by atoms with Crippen LogP contribution in [-0.4, -0.2) is 17.3 Å². The van der Waals surface area contributed by atoms with Crippen molar-refractivity contribution in [2.75, 3.05) is 6.54 Å². The number of hydroxylamine groups is 1. The van der Waals surface area contributed by atoms with E-state index in [-0.39, 0.29) is 12.3 Å². The summed E-state index contributed by atoms with van der Waals surface area (Å²) in [6.45, 7) is 0.705. The molecule has 0 atom stereocenters. The standard InChI is InChI=1S/C11H10N2O2/c14-10-5-13-15-6-7-2-1-3-9-11(7)8(10)4-12-9/h1-4,12-13H,5-6H2. The molecule has 0 unspecified atom stereocenters. The van der Waals surface area contributed by atoms with Crippen molar-refractivity contribution in [3.8, 4) is 0 Å². The van der Waals surface area contributed by atoms with Crippen LogP contribution in [0.1, 0.15) is 15.9 Å². The van der Waals surface area contributed by atoms with Crippen LogP contribution in [0.15, 0.2) is 24.4 Å². The number of Topliss-reactive ketones (excluding diaryl/α,β-unsaturated/α-hetero) is 1. The predicted molar refractivity (Wildman–Crippen MR) is 55.4 cm³/mol. The maximum absolute atomic E-state index is 11.7. The van der Waals surface area contributed by atoms with Gasteiger partial charge in [-0.3, -0.25) is 9.63 Å². The van der Waals surface area contributed by atoms with Crippen LogP contribution in [0.4, 0.5) is 0 Å². The molecule has 0 amide bonds. The number of rotatable bonds is 0. The van der Waals surface area contributed by atoms with Crippen molar-refractivity contribution in [1.82, 2.24) is 10.5 Å². The fourth-order valence-electron chi connectivity index (χ4n) is 1.94. The first-order valence-corrected chi connectivity index (χ1v) is 4.83. The number of aromatic amines is 1. The Bertz CT molecular complexity index is 530. The zero-order valence-electron chi connectivity index (χ0n) is 8.04. The second-order valence-corrected chi connectivity index (χ2v) is 3.58. The predicted octanol–water partition coefficient (Wildman–Crippen LogP) is 1.39. The van der Waals surface area contributed by atoms with E-state index in [0.717, 1.165) is 22.0 Å². The molecule has 0 radical (unpaired) electrons. The van der Waals surface area contributed by atoms with Crippen molar-refractivity contribution in [3.05, 3.63) is 35.5 Å². The minimum absolute atomic E-state index is 0.0494. The van der Waals surface area contributed by atoms with Gasteiger partial charge in [-0.15, -0.1) is 0 Å². The summed E-state index contributed by atoms with van der Waals surface area (Å²) in [5, 5.41) is 0.990. The van der Waals surface area contributed by atoms with E-state index in [0.29, 0.717) is 6.61 Å². The minimum Gasteiger partial charge on any atom is -0.360 e. The second-order valence-electron chi connectivity index (χ2n) is 3.58. The molecule has 3 rings (SSSR count). The van der Waals surface area contributed by atoms with Gasteiger partial charge in [0.2, 0.25) is 0 Å². The Balaban J connectivity index is 2.34. The summed E-state index contributed by atoms with van der Waals surface area (Å²) in [7, 11) is 0. The van der Waals surface area contributed by atoms with Crippen LogP contribution < -0.4 is 5.48 Å². The molecular formula is C11H10N2O2. The van der Waals surface area contributed by atoms with Gasteiger partial charge in [-0.25, -0.2) is 0 Å². The Hall–Kier alpha value is -1.65. The number of aromatic nitrogens is 1. The van der Waals surface area contributed by atoms with E-state index in [1.165, 1.54) is 0 Å². The summed E-state index contributed by atoms with van der Waals surface area (Å²) >= 11 is 0. The third-order valence-corrected chi connectivity index (χ3v) is 2.65. The van der Waals surface area contributed by atoms with Gasteiger partial charge in [-0.1, -0.05) is 12.1 Å². The molecule has 0 bridgehead atoms. The Morgan fingerprint density at radius 2 is 2.27 bits per heavy atom. The number of ketones is 1. The first-order chi connectivity index (χ1) is 7.36. The highest BCUT2D eigenvalue weighted by Crippen LogP contribution is 2.24. The van der Waals surface area contributed by atoms with E-state index >= 15 is 0 Å². The Kier molecular flexibility index (Phi) is 1.83. The van der Waals surface area contributed by atoms with Crippen LogP contribution in [0.3, 0.4) is 0 Å². The summed E-state index contributed by atoms with van der Waals surface area (Å²) in [5.41, 5.74) is 5.41. The van der Waals surface area contributed by atoms with Crippen LogP contribution in [0.5, 0.6) is 0 Å². The summed E-state index contributed by atoms with van der Waals surface area (Å²) in [5.74, 6) is 0.0494. The van der Waals surface area contributed by atoms with Gasteiger partial charge in [0, 0.05) is 22.7 Å². The second kappa shape index (κ2) is 3.18. The summed E-state index contributed by atoms with van der Waals surface area (Å²) in [4.78, 5) is 20.0. The molecule has 1 aromatic heterocycles. The lowest BCUT2D eigenvalue weighted by atomic mass is 10.0. The van der Waals surface area contributed by atoms with E-state index in [4.69, 9.17) is 4.84 Å². The average molecular weight is 202 g/mol. The monoisotopic (exact) mass is 202 g/mol. The smallest absolute Gasteiger partial charge is 0.181 e. The van der Waals surface area contributed by atoms with Crippen molar-refractivity contribution < 1.29 is 9.63 Å². The Morgan fingerprint density at radius 1 is 1.33 bits per heavy atom. The van der Waals surface area contributed by atoms with Crippen LogP contribution in [0, 0.1) is 0 Å². The highest BCUT2D eigenvalue weighted by molar-refractivity contribution is 6.09. The number of hydrogen-bond donors (Lipinski definition) is 2. The van der Waals surface area contributed by atoms with Gasteiger partial charge < -0.3 is 4.98 Å². The molecule has 0 saturated carbocycles. The van der Waals surface area contributed by atoms with E-state index in [1.54, 1.807) is 6.20 Å². The number of nitrogens with one attached hydrogen (secondary N) is 2. The molecule has 1 aromatic carbocycles. The molecule has 1 aliphatic heterocycles. The SMILES string of the molecule is O=C1CNOCc2cccc3[nH]cc1c23. The minimum atomic E-state index is 0.0494. The fraction of sp³-hybridized carbons (Fsp3) is 0.182. The van der Waals surface area contributed by atoms with Gasteiger partial charge in [0.25, 0.3) is 0 Å². The quantitative estimate of drug-likeness (QED) is 0.678. The van der Waals surface area contributed by atoms with Gasteiger partial charge in [-0.05, 0) is 11.6 Å². The lowest BCUT2D eigenvalue weighted by Crippen LogP contribution is -2.25. The van der Waals surface area contributed by atoms with E-state index < -0.39 is 0 Å². The Labute approximate surface area is 86.2 Å². The lowest BCUT2D eigenvalue weighted by Gasteiger charge is -2.11. The van der Waals surface area contributed by atoms with Gasteiger partial charge in [0.1, 0.15) is 0 Å². The highest BCUT2D eigenvalue weighted by Gasteiger charge is 2.16. The van der Waals surface area contributed by atoms with Crippen LogP contribution in [-0.2, 0) is 11.4 Å². The normalized spacial score (nSPS) is 16.4. The van der Waals surface area contributed by atoms with Crippen molar-refractivity contribution in [2.45, 2.75) is 6.61 Å². The number of hydrogen-bond acceptors (Lipinski definition) is 3. The van der Waals surface area contributed by atoms with Gasteiger partial charge >= 0.3 is 0 Å². The maximum atomic E-state index is 11.7. The molecule has 0 fully saturated rings. The van der Waals surface area contributed by atoms with Gasteiger partial charge in [0.15, 0.2) is 5.78 Å². The molecule has 15 heavy (non-hydrogen) atoms. The summed E-state index contributed by atoms with van der Waals surface area (Å²) in [6.07, 6.45) is 1.77. The molecule has 4 nitrogen and oxygen atoms in total. The molecular weight excluding hydrogens is 192 g/mol.